The Kier molecular flexibility index (Phi) is 3.26. The number of aliphatic hydroxyl groups excluding tert-OH is 2. The molecular weight excluding hydrogens is 297 g/mol. The van der Waals surface area contributed by atoms with Crippen molar-refractivity contribution in [2.75, 3.05) is 6.61 Å². The van der Waals surface area contributed by atoms with Crippen LogP contribution < -0.4 is 5.73 Å². The minimum absolute atomic E-state index is 0.0134. The van der Waals surface area contributed by atoms with Gasteiger partial charge in [0.25, 0.3) is 0 Å². The summed E-state index contributed by atoms with van der Waals surface area (Å²) in [6.45, 7) is 4.53. The van der Waals surface area contributed by atoms with Crippen molar-refractivity contribution in [1.29, 1.82) is 0 Å². The molecule has 4 rings (SSSR count). The Hall–Kier alpha value is -0.910. The van der Waals surface area contributed by atoms with Crippen molar-refractivity contribution in [2.45, 2.75) is 51.1 Å². The number of rotatable bonds is 0. The first-order valence-electron chi connectivity index (χ1n) is 8.57. The molecule has 1 heterocycles. The lowest BCUT2D eigenvalue weighted by molar-refractivity contribution is -0.174. The van der Waals surface area contributed by atoms with Gasteiger partial charge in [-0.1, -0.05) is 26.0 Å². The van der Waals surface area contributed by atoms with E-state index in [9.17, 15) is 14.6 Å². The normalized spacial score (nSPS) is 58.1. The quantitative estimate of drug-likeness (QED) is 0.597. The highest BCUT2D eigenvalue weighted by atomic mass is 19.1. The molecule has 0 radical (unpaired) electrons. The third-order valence-corrected chi connectivity index (χ3v) is 7.11. The van der Waals surface area contributed by atoms with Crippen molar-refractivity contribution >= 4 is 0 Å². The van der Waals surface area contributed by atoms with E-state index in [1.807, 2.05) is 25.2 Å². The highest BCUT2D eigenvalue weighted by Gasteiger charge is 2.63. The number of alkyl halides is 1. The zero-order valence-electron chi connectivity index (χ0n) is 13.7. The Labute approximate surface area is 136 Å². The molecule has 4 aliphatic rings. The van der Waals surface area contributed by atoms with Crippen molar-refractivity contribution in [3.8, 4) is 0 Å². The molecule has 0 aromatic carbocycles. The molecule has 0 bridgehead atoms. The molecule has 9 atom stereocenters. The fraction of sp³-hybridized carbons (Fsp3) is 0.778. The van der Waals surface area contributed by atoms with Crippen LogP contribution in [-0.2, 0) is 4.74 Å². The molecular formula is C18H26FNO3. The molecule has 1 saturated carbocycles. The second kappa shape index (κ2) is 4.80. The largest absolute Gasteiger partial charge is 0.512 e. The van der Waals surface area contributed by atoms with Crippen molar-refractivity contribution < 1.29 is 19.3 Å². The van der Waals surface area contributed by atoms with Crippen molar-refractivity contribution in [3.63, 3.8) is 0 Å². The average molecular weight is 323 g/mol. The van der Waals surface area contributed by atoms with E-state index >= 15 is 0 Å². The third-order valence-electron chi connectivity index (χ3n) is 7.11. The number of ether oxygens (including phenoxy) is 1. The molecule has 1 saturated heterocycles. The molecule has 2 fully saturated rings. The summed E-state index contributed by atoms with van der Waals surface area (Å²) in [5, 5.41) is 20.6. The molecule has 23 heavy (non-hydrogen) atoms. The summed E-state index contributed by atoms with van der Waals surface area (Å²) < 4.78 is 20.5. The first-order valence-corrected chi connectivity index (χ1v) is 8.57. The van der Waals surface area contributed by atoms with Crippen LogP contribution in [0.15, 0.2) is 24.0 Å². The topological polar surface area (TPSA) is 75.7 Å². The number of fused-ring (bicyclic) bond motifs is 5. The monoisotopic (exact) mass is 323 g/mol. The maximum absolute atomic E-state index is 14.3. The van der Waals surface area contributed by atoms with Gasteiger partial charge in [-0.3, -0.25) is 0 Å². The van der Waals surface area contributed by atoms with Crippen LogP contribution >= 0.6 is 0 Å². The molecule has 4 N–H and O–H groups in total. The zero-order chi connectivity index (χ0) is 16.6. The highest BCUT2D eigenvalue weighted by molar-refractivity contribution is 5.28. The van der Waals surface area contributed by atoms with Crippen LogP contribution in [0.25, 0.3) is 0 Å². The summed E-state index contributed by atoms with van der Waals surface area (Å²) in [5.41, 5.74) is 5.39. The van der Waals surface area contributed by atoms with Gasteiger partial charge < -0.3 is 20.7 Å². The van der Waals surface area contributed by atoms with Crippen LogP contribution in [-0.4, -0.2) is 41.2 Å². The minimum atomic E-state index is -1.05. The van der Waals surface area contributed by atoms with Gasteiger partial charge in [0.15, 0.2) is 0 Å². The minimum Gasteiger partial charge on any atom is -0.512 e. The van der Waals surface area contributed by atoms with Gasteiger partial charge >= 0.3 is 0 Å². The van der Waals surface area contributed by atoms with E-state index < -0.39 is 23.7 Å². The maximum atomic E-state index is 14.3. The maximum Gasteiger partial charge on any atom is 0.116 e. The van der Waals surface area contributed by atoms with E-state index in [1.165, 1.54) is 0 Å². The third kappa shape index (κ3) is 1.93. The second-order valence-electron chi connectivity index (χ2n) is 8.37. The number of hydrogen-bond acceptors (Lipinski definition) is 4. The first kappa shape index (κ1) is 15.6. The summed E-state index contributed by atoms with van der Waals surface area (Å²) >= 11 is 0. The molecule has 128 valence electrons. The highest BCUT2D eigenvalue weighted by Crippen LogP contribution is 2.60. The van der Waals surface area contributed by atoms with Gasteiger partial charge in [0.2, 0.25) is 0 Å². The van der Waals surface area contributed by atoms with Crippen LogP contribution in [0.5, 0.6) is 0 Å². The summed E-state index contributed by atoms with van der Waals surface area (Å²) in [5.74, 6) is 0.0868. The van der Waals surface area contributed by atoms with Crippen LogP contribution in [0, 0.1) is 28.6 Å². The second-order valence-corrected chi connectivity index (χ2v) is 8.37. The van der Waals surface area contributed by atoms with Gasteiger partial charge in [0.1, 0.15) is 6.17 Å². The summed E-state index contributed by atoms with van der Waals surface area (Å²) in [6, 6.07) is -0.546. The Morgan fingerprint density at radius 1 is 1.35 bits per heavy atom. The van der Waals surface area contributed by atoms with Crippen molar-refractivity contribution in [3.05, 3.63) is 24.0 Å². The summed E-state index contributed by atoms with van der Waals surface area (Å²) in [4.78, 5) is 0. The lowest BCUT2D eigenvalue weighted by Gasteiger charge is -2.56. The Morgan fingerprint density at radius 3 is 2.83 bits per heavy atom. The van der Waals surface area contributed by atoms with Gasteiger partial charge in [-0.15, -0.1) is 0 Å². The summed E-state index contributed by atoms with van der Waals surface area (Å²) in [7, 11) is 0. The van der Waals surface area contributed by atoms with Gasteiger partial charge in [-0.25, -0.2) is 4.39 Å². The van der Waals surface area contributed by atoms with Crippen LogP contribution in [0.3, 0.4) is 0 Å². The number of aliphatic hydroxyl groups is 2. The van der Waals surface area contributed by atoms with Gasteiger partial charge in [0, 0.05) is 22.8 Å². The standard InChI is InChI=1S/C18H26FNO3/c1-17-4-3-10(21)5-9(17)6-13(22)14-11-7-12(19)15(20)18(11,2)8-23-16(14)17/h3-4,6,9-12,14-16,21-22H,5,7-8,20H2,1-2H3/t9?,10?,11-,12?,14+,15?,16+,17-,18-/m0/s1. The average Bonchev–Trinajstić information content (AvgIpc) is 2.73. The SMILES string of the molecule is C[C@]12C=CC(O)CC1C=C(O)[C@@H]1[C@H]2OC[C@]2(C)C(N)C(F)C[C@@H]12. The van der Waals surface area contributed by atoms with Gasteiger partial charge in [-0.05, 0) is 30.8 Å². The molecule has 3 aliphatic carbocycles. The lowest BCUT2D eigenvalue weighted by atomic mass is 9.55. The summed E-state index contributed by atoms with van der Waals surface area (Å²) in [6.07, 6.45) is 4.93. The molecule has 0 aromatic rings. The molecule has 0 amide bonds. The van der Waals surface area contributed by atoms with Gasteiger partial charge in [-0.2, -0.15) is 0 Å². The van der Waals surface area contributed by atoms with E-state index in [2.05, 4.69) is 6.92 Å². The van der Waals surface area contributed by atoms with Crippen LogP contribution in [0.2, 0.25) is 0 Å². The first-order chi connectivity index (χ1) is 10.8. The smallest absolute Gasteiger partial charge is 0.116 e. The predicted octanol–water partition coefficient (Wildman–Crippen LogP) is 2.09. The zero-order valence-corrected chi connectivity index (χ0v) is 13.7. The number of hydrogen-bond donors (Lipinski definition) is 3. The molecule has 4 unspecified atom stereocenters. The lowest BCUT2D eigenvalue weighted by Crippen LogP contribution is -2.60. The van der Waals surface area contributed by atoms with Gasteiger partial charge in [0.05, 0.1) is 24.6 Å². The molecule has 1 aliphatic heterocycles. The van der Waals surface area contributed by atoms with Crippen molar-refractivity contribution in [2.24, 2.45) is 34.3 Å². The Morgan fingerprint density at radius 2 is 2.09 bits per heavy atom. The van der Waals surface area contributed by atoms with E-state index in [-0.39, 0.29) is 35.0 Å². The molecule has 5 heteroatoms. The molecule has 0 aromatic heterocycles. The van der Waals surface area contributed by atoms with Crippen LogP contribution in [0.4, 0.5) is 4.39 Å². The Balaban J connectivity index is 1.76. The fourth-order valence-electron chi connectivity index (χ4n) is 5.50. The van der Waals surface area contributed by atoms with Crippen molar-refractivity contribution in [1.82, 2.24) is 0 Å². The van der Waals surface area contributed by atoms with E-state index in [0.29, 0.717) is 19.4 Å². The fourth-order valence-corrected chi connectivity index (χ4v) is 5.50. The number of halogens is 1. The predicted molar refractivity (Wildman–Crippen MR) is 84.4 cm³/mol. The van der Waals surface area contributed by atoms with E-state index in [4.69, 9.17) is 10.5 Å². The van der Waals surface area contributed by atoms with Crippen LogP contribution in [0.1, 0.15) is 26.7 Å². The van der Waals surface area contributed by atoms with E-state index in [0.717, 1.165) is 0 Å². The number of allylic oxidation sites excluding steroid dienone is 1. The number of nitrogens with two attached hydrogens (primary N) is 1. The molecule has 0 spiro atoms. The van der Waals surface area contributed by atoms with E-state index in [1.54, 1.807) is 0 Å². The Bertz CT molecular complexity index is 579. The molecule has 4 nitrogen and oxygen atoms in total.